The van der Waals surface area contributed by atoms with Crippen LogP contribution in [0.5, 0.6) is 0 Å². The van der Waals surface area contributed by atoms with Gasteiger partial charge in [0.2, 0.25) is 0 Å². The van der Waals surface area contributed by atoms with E-state index in [1.165, 1.54) is 5.57 Å². The van der Waals surface area contributed by atoms with E-state index in [-0.39, 0.29) is 0 Å². The quantitative estimate of drug-likeness (QED) is 0.533. The molecule has 1 aliphatic heterocycles. The molecule has 84 valence electrons. The Bertz CT molecular complexity index is 245. The van der Waals surface area contributed by atoms with Gasteiger partial charge in [-0.05, 0) is 19.9 Å². The fourth-order valence-electron chi connectivity index (χ4n) is 1.24. The number of piperazine rings is 1. The van der Waals surface area contributed by atoms with E-state index in [4.69, 9.17) is 0 Å². The fourth-order valence-corrected chi connectivity index (χ4v) is 1.24. The van der Waals surface area contributed by atoms with Crippen LogP contribution in [0.1, 0.15) is 13.8 Å². The van der Waals surface area contributed by atoms with Gasteiger partial charge in [-0.1, -0.05) is 5.57 Å². The number of rotatable bonds is 4. The molecular weight excluding hydrogens is 188 g/mol. The highest BCUT2D eigenvalue weighted by Crippen LogP contribution is 1.91. The summed E-state index contributed by atoms with van der Waals surface area (Å²) in [4.78, 5) is 2.28. The first-order valence-corrected chi connectivity index (χ1v) is 5.32. The molecule has 0 aromatic heterocycles. The average Bonchev–Trinajstić information content (AvgIpc) is 2.24. The van der Waals surface area contributed by atoms with Crippen molar-refractivity contribution in [3.8, 4) is 0 Å². The lowest BCUT2D eigenvalue weighted by Crippen LogP contribution is -2.40. The maximum Gasteiger partial charge on any atom is 0.0486 e. The van der Waals surface area contributed by atoms with Crippen molar-refractivity contribution in [1.29, 1.82) is 0 Å². The van der Waals surface area contributed by atoms with E-state index in [2.05, 4.69) is 26.9 Å². The zero-order valence-corrected chi connectivity index (χ0v) is 9.53. The molecule has 0 atom stereocenters. The molecule has 0 radical (unpaired) electrons. The van der Waals surface area contributed by atoms with Crippen LogP contribution in [0.2, 0.25) is 0 Å². The van der Waals surface area contributed by atoms with E-state index in [0.717, 1.165) is 26.2 Å². The minimum absolute atomic E-state index is 1.07. The molecule has 0 spiro atoms. The van der Waals surface area contributed by atoms with Crippen LogP contribution in [0.15, 0.2) is 29.2 Å². The SMILES string of the molecule is CC(C)=CN/N=C\C=C\N1CCNCC1. The molecule has 0 aliphatic carbocycles. The van der Waals surface area contributed by atoms with Gasteiger partial charge in [-0.3, -0.25) is 5.43 Å². The Morgan fingerprint density at radius 2 is 2.07 bits per heavy atom. The normalized spacial score (nSPS) is 17.3. The predicted molar refractivity (Wildman–Crippen MR) is 64.6 cm³/mol. The Balaban J connectivity index is 2.17. The third kappa shape index (κ3) is 5.91. The Hall–Kier alpha value is -1.29. The van der Waals surface area contributed by atoms with Crippen molar-refractivity contribution in [2.45, 2.75) is 13.8 Å². The molecule has 1 rings (SSSR count). The lowest BCUT2D eigenvalue weighted by Gasteiger charge is -2.25. The molecule has 1 saturated heterocycles. The van der Waals surface area contributed by atoms with Crippen molar-refractivity contribution in [2.24, 2.45) is 5.10 Å². The molecule has 4 nitrogen and oxygen atoms in total. The van der Waals surface area contributed by atoms with Crippen molar-refractivity contribution < 1.29 is 0 Å². The van der Waals surface area contributed by atoms with Crippen molar-refractivity contribution in [1.82, 2.24) is 15.6 Å². The van der Waals surface area contributed by atoms with Gasteiger partial charge in [-0.25, -0.2) is 0 Å². The molecule has 4 heteroatoms. The van der Waals surface area contributed by atoms with Crippen LogP contribution in [0.25, 0.3) is 0 Å². The summed E-state index contributed by atoms with van der Waals surface area (Å²) in [5.74, 6) is 0. The summed E-state index contributed by atoms with van der Waals surface area (Å²) in [5.41, 5.74) is 4.05. The molecule has 1 fully saturated rings. The summed E-state index contributed by atoms with van der Waals surface area (Å²) >= 11 is 0. The molecule has 1 aliphatic rings. The Kier molecular flexibility index (Phi) is 5.55. The monoisotopic (exact) mass is 208 g/mol. The third-order valence-corrected chi connectivity index (χ3v) is 2.04. The molecular formula is C11H20N4. The van der Waals surface area contributed by atoms with Crippen LogP contribution >= 0.6 is 0 Å². The Labute approximate surface area is 91.7 Å². The first kappa shape index (κ1) is 11.8. The van der Waals surface area contributed by atoms with Crippen molar-refractivity contribution in [2.75, 3.05) is 26.2 Å². The van der Waals surface area contributed by atoms with Crippen molar-refractivity contribution in [3.05, 3.63) is 24.0 Å². The topological polar surface area (TPSA) is 39.7 Å². The lowest BCUT2D eigenvalue weighted by molar-refractivity contribution is 0.324. The summed E-state index contributed by atoms with van der Waals surface area (Å²) in [7, 11) is 0. The average molecular weight is 208 g/mol. The molecule has 15 heavy (non-hydrogen) atoms. The molecule has 0 amide bonds. The number of hydrazone groups is 1. The lowest BCUT2D eigenvalue weighted by atomic mass is 10.4. The fraction of sp³-hybridized carbons (Fsp3) is 0.545. The molecule has 0 aromatic rings. The van der Waals surface area contributed by atoms with Gasteiger partial charge in [0.1, 0.15) is 0 Å². The predicted octanol–water partition coefficient (Wildman–Crippen LogP) is 0.904. The maximum atomic E-state index is 4.02. The smallest absolute Gasteiger partial charge is 0.0486 e. The van der Waals surface area contributed by atoms with Gasteiger partial charge in [-0.15, -0.1) is 0 Å². The van der Waals surface area contributed by atoms with Crippen LogP contribution in [-0.4, -0.2) is 37.3 Å². The van der Waals surface area contributed by atoms with Gasteiger partial charge >= 0.3 is 0 Å². The van der Waals surface area contributed by atoms with Crippen LogP contribution < -0.4 is 10.7 Å². The van der Waals surface area contributed by atoms with Crippen molar-refractivity contribution in [3.63, 3.8) is 0 Å². The summed E-state index contributed by atoms with van der Waals surface area (Å²) < 4.78 is 0. The van der Waals surface area contributed by atoms with Gasteiger partial charge in [0.15, 0.2) is 0 Å². The number of hydrogen-bond acceptors (Lipinski definition) is 4. The molecule has 2 N–H and O–H groups in total. The van der Waals surface area contributed by atoms with Gasteiger partial charge in [0.05, 0.1) is 0 Å². The van der Waals surface area contributed by atoms with Gasteiger partial charge in [-0.2, -0.15) is 5.10 Å². The molecule has 0 saturated carbocycles. The molecule has 0 unspecified atom stereocenters. The van der Waals surface area contributed by atoms with E-state index in [9.17, 15) is 0 Å². The summed E-state index contributed by atoms with van der Waals surface area (Å²) in [6.45, 7) is 8.34. The highest BCUT2D eigenvalue weighted by atomic mass is 15.3. The zero-order chi connectivity index (χ0) is 10.9. The number of nitrogens with one attached hydrogen (secondary N) is 2. The second-order valence-corrected chi connectivity index (χ2v) is 3.76. The summed E-state index contributed by atoms with van der Waals surface area (Å²) in [6, 6.07) is 0. The second kappa shape index (κ2) is 7.06. The minimum Gasteiger partial charge on any atom is -0.375 e. The number of nitrogens with zero attached hydrogens (tertiary/aromatic N) is 2. The van der Waals surface area contributed by atoms with Gasteiger partial charge < -0.3 is 10.2 Å². The third-order valence-electron chi connectivity index (χ3n) is 2.04. The number of allylic oxidation sites excluding steroid dienone is 2. The standard InChI is InChI=1S/C11H20N4/c1-11(2)10-14-13-4-3-7-15-8-5-12-6-9-15/h3-4,7,10,12,14H,5-6,8-9H2,1-2H3/b7-3+,13-4-. The van der Waals surface area contributed by atoms with Crippen LogP contribution in [0.3, 0.4) is 0 Å². The number of hydrogen-bond donors (Lipinski definition) is 2. The first-order valence-electron chi connectivity index (χ1n) is 5.32. The maximum absolute atomic E-state index is 4.02. The summed E-state index contributed by atoms with van der Waals surface area (Å²) in [6.07, 6.45) is 7.67. The van der Waals surface area contributed by atoms with Gasteiger partial charge in [0.25, 0.3) is 0 Å². The first-order chi connectivity index (χ1) is 7.29. The van der Waals surface area contributed by atoms with Gasteiger partial charge in [0, 0.05) is 44.8 Å². The van der Waals surface area contributed by atoms with E-state index in [1.807, 2.05) is 26.1 Å². The second-order valence-electron chi connectivity index (χ2n) is 3.76. The minimum atomic E-state index is 1.07. The Morgan fingerprint density at radius 3 is 2.73 bits per heavy atom. The highest BCUT2D eigenvalue weighted by molar-refractivity contribution is 5.70. The largest absolute Gasteiger partial charge is 0.375 e. The van der Waals surface area contributed by atoms with E-state index in [1.54, 1.807) is 6.21 Å². The molecule has 0 aromatic carbocycles. The van der Waals surface area contributed by atoms with Crippen LogP contribution in [-0.2, 0) is 0 Å². The van der Waals surface area contributed by atoms with E-state index >= 15 is 0 Å². The molecule has 1 heterocycles. The van der Waals surface area contributed by atoms with Crippen molar-refractivity contribution >= 4 is 6.21 Å². The summed E-state index contributed by atoms with van der Waals surface area (Å²) in [5, 5.41) is 7.32. The molecule has 0 bridgehead atoms. The van der Waals surface area contributed by atoms with Crippen LogP contribution in [0, 0.1) is 0 Å². The van der Waals surface area contributed by atoms with Crippen LogP contribution in [0.4, 0.5) is 0 Å². The Morgan fingerprint density at radius 1 is 1.33 bits per heavy atom. The van der Waals surface area contributed by atoms with E-state index in [0.29, 0.717) is 0 Å². The highest BCUT2D eigenvalue weighted by Gasteiger charge is 2.02. The van der Waals surface area contributed by atoms with E-state index < -0.39 is 0 Å². The zero-order valence-electron chi connectivity index (χ0n) is 9.53.